The number of carbonyl (C=O) groups excluding carboxylic acids is 4. The number of rotatable bonds is 23. The number of esters is 1. The lowest BCUT2D eigenvalue weighted by molar-refractivity contribution is -0.153. The van der Waals surface area contributed by atoms with Crippen LogP contribution in [-0.2, 0) is 48.0 Å². The molecule has 426 valence electrons. The third kappa shape index (κ3) is 12.4. The fourth-order valence-corrected chi connectivity index (χ4v) is 10.5. The number of aromatic amines is 1. The molecule has 6 heterocycles. The van der Waals surface area contributed by atoms with E-state index in [9.17, 15) is 28.9 Å². The van der Waals surface area contributed by atoms with E-state index in [1.54, 1.807) is 67.5 Å². The van der Waals surface area contributed by atoms with Crippen LogP contribution in [-0.4, -0.2) is 119 Å². The predicted molar refractivity (Wildman–Crippen MR) is 296 cm³/mol. The Morgan fingerprint density at radius 3 is 1.94 bits per heavy atom. The maximum atomic E-state index is 13.4. The third-order valence-electron chi connectivity index (χ3n) is 14.0. The zero-order valence-corrected chi connectivity index (χ0v) is 46.1. The first-order valence-electron chi connectivity index (χ1n) is 26.3. The van der Waals surface area contributed by atoms with Gasteiger partial charge in [-0.2, -0.15) is 4.98 Å². The standard InChI is InChI=1S/C57H59N10O14P/c1-33(2)53(70)64-56-63-52-49(55(72)65-56)61-32-67(52)46-27-42(43(78-46)28-76-57(36-14-10-7-11-15-36,37-17-21-39(74-4)22-18-37)38-19-23-40(75-5)24-20-38)81-82(73)77-29-44-41(80-47(69)25-16-34(3)68)26-45(79-44)66-31-60-48-50(58-30-59-51(48)66)62-54(71)35-12-8-6-9-13-35/h6-15,17-24,30-33,41-46,73H,16,25-29H2,1-5H3,(H,58,59,62,71)(H2,63,64,65,70,72)/t41-,42-,43+,44+,45+,46+,82?/m0/s1. The molecule has 2 aliphatic rings. The first kappa shape index (κ1) is 56.9. The van der Waals surface area contributed by atoms with E-state index in [2.05, 4.69) is 40.5 Å². The summed E-state index contributed by atoms with van der Waals surface area (Å²) >= 11 is 0. The van der Waals surface area contributed by atoms with Gasteiger partial charge in [-0.15, -0.1) is 0 Å². The number of hydrogen-bond acceptors (Lipinski definition) is 19. The minimum absolute atomic E-state index is 0.0176. The number of H-pyrrole nitrogens is 1. The molecule has 8 aromatic rings. The highest BCUT2D eigenvalue weighted by Crippen LogP contribution is 2.46. The average molecular weight is 1140 g/mol. The van der Waals surface area contributed by atoms with E-state index in [1.165, 1.54) is 25.9 Å². The Labute approximate surface area is 470 Å². The molecule has 4 aromatic carbocycles. The SMILES string of the molecule is COc1ccc(C(OC[C@H]2O[C@@H](n3cnc4c(=O)[nH]c(NC(=O)C(C)C)nc43)C[C@@H]2OP(O)OC[C@H]2O[C@@H](n3cnc4c(NC(=O)c5ccccc5)ncnc43)C[C@@H]2OC(=O)CCC(C)=O)(c2ccccc2)c2ccc(OC)cc2)cc1. The van der Waals surface area contributed by atoms with Gasteiger partial charge in [0.25, 0.3) is 11.5 Å². The number of amides is 2. The zero-order chi connectivity index (χ0) is 57.5. The number of anilines is 2. The summed E-state index contributed by atoms with van der Waals surface area (Å²) in [6, 6.07) is 33.2. The van der Waals surface area contributed by atoms with Gasteiger partial charge in [0, 0.05) is 30.7 Å². The van der Waals surface area contributed by atoms with E-state index in [0.717, 1.165) is 16.7 Å². The van der Waals surface area contributed by atoms with E-state index in [0.29, 0.717) is 22.7 Å². The molecular weight excluding hydrogens is 1080 g/mol. The molecule has 0 radical (unpaired) electrons. The highest BCUT2D eigenvalue weighted by molar-refractivity contribution is 7.40. The number of fused-ring (bicyclic) bond motifs is 2. The molecule has 1 unspecified atom stereocenters. The van der Waals surface area contributed by atoms with Crippen LogP contribution in [0.3, 0.4) is 0 Å². The highest BCUT2D eigenvalue weighted by Gasteiger charge is 2.46. The summed E-state index contributed by atoms with van der Waals surface area (Å²) < 4.78 is 53.3. The van der Waals surface area contributed by atoms with Crippen LogP contribution in [0.5, 0.6) is 11.5 Å². The van der Waals surface area contributed by atoms with Gasteiger partial charge in [0.05, 0.1) is 52.6 Å². The number of ether oxygens (including phenoxy) is 6. The van der Waals surface area contributed by atoms with E-state index in [1.807, 2.05) is 78.9 Å². The third-order valence-corrected chi connectivity index (χ3v) is 14.8. The van der Waals surface area contributed by atoms with Crippen LogP contribution in [0.1, 0.15) is 86.0 Å². The Kier molecular flexibility index (Phi) is 17.5. The lowest BCUT2D eigenvalue weighted by Crippen LogP contribution is -2.38. The Bertz CT molecular complexity index is 3560. The van der Waals surface area contributed by atoms with E-state index >= 15 is 0 Å². The van der Waals surface area contributed by atoms with Crippen LogP contribution in [0.25, 0.3) is 22.3 Å². The largest absolute Gasteiger partial charge is 0.497 e. The van der Waals surface area contributed by atoms with Crippen molar-refractivity contribution in [3.05, 3.63) is 161 Å². The summed E-state index contributed by atoms with van der Waals surface area (Å²) in [5, 5.41) is 5.44. The quantitative estimate of drug-likeness (QED) is 0.0277. The minimum Gasteiger partial charge on any atom is -0.497 e. The van der Waals surface area contributed by atoms with Crippen molar-refractivity contribution in [2.45, 2.75) is 88.9 Å². The summed E-state index contributed by atoms with van der Waals surface area (Å²) in [4.78, 5) is 101. The topological polar surface area (TPSA) is 294 Å². The van der Waals surface area contributed by atoms with Gasteiger partial charge in [-0.3, -0.25) is 38.6 Å². The van der Waals surface area contributed by atoms with Gasteiger partial charge < -0.3 is 52.5 Å². The van der Waals surface area contributed by atoms with Crippen molar-refractivity contribution in [3.63, 3.8) is 0 Å². The summed E-state index contributed by atoms with van der Waals surface area (Å²) in [5.41, 5.74) is 1.41. The monoisotopic (exact) mass is 1140 g/mol. The molecule has 2 saturated heterocycles. The summed E-state index contributed by atoms with van der Waals surface area (Å²) in [6.07, 6.45) is -1.63. The van der Waals surface area contributed by atoms with Crippen LogP contribution in [0.15, 0.2) is 133 Å². The minimum atomic E-state index is -2.78. The Balaban J connectivity index is 0.939. The molecule has 25 heteroatoms. The van der Waals surface area contributed by atoms with Crippen molar-refractivity contribution in [2.75, 3.05) is 38.1 Å². The van der Waals surface area contributed by atoms with Crippen molar-refractivity contribution in [1.82, 2.24) is 39.0 Å². The molecule has 0 spiro atoms. The number of hydrogen-bond donors (Lipinski definition) is 4. The second kappa shape index (κ2) is 25.2. The number of ketones is 1. The van der Waals surface area contributed by atoms with Gasteiger partial charge in [0.2, 0.25) is 11.9 Å². The number of imidazole rings is 2. The average Bonchev–Trinajstić information content (AvgIpc) is 3.77. The van der Waals surface area contributed by atoms with Gasteiger partial charge in [0.15, 0.2) is 28.1 Å². The van der Waals surface area contributed by atoms with E-state index < -0.39 is 74.4 Å². The van der Waals surface area contributed by atoms with Crippen LogP contribution >= 0.6 is 8.60 Å². The maximum Gasteiger partial charge on any atom is 0.330 e. The van der Waals surface area contributed by atoms with E-state index in [-0.39, 0.29) is 79.0 Å². The van der Waals surface area contributed by atoms with Gasteiger partial charge in [-0.25, -0.2) is 19.9 Å². The van der Waals surface area contributed by atoms with Gasteiger partial charge in [0.1, 0.15) is 60.0 Å². The molecule has 10 rings (SSSR count). The lowest BCUT2D eigenvalue weighted by atomic mass is 9.80. The molecule has 0 aliphatic carbocycles. The summed E-state index contributed by atoms with van der Waals surface area (Å²) in [6.45, 7) is 4.27. The second-order valence-electron chi connectivity index (χ2n) is 19.7. The number of carbonyl (C=O) groups is 4. The van der Waals surface area contributed by atoms with Crippen molar-refractivity contribution in [2.24, 2.45) is 5.92 Å². The van der Waals surface area contributed by atoms with Crippen molar-refractivity contribution in [3.8, 4) is 11.5 Å². The van der Waals surface area contributed by atoms with Gasteiger partial charge in [-0.1, -0.05) is 86.6 Å². The van der Waals surface area contributed by atoms with Gasteiger partial charge in [-0.05, 0) is 60.0 Å². The molecule has 82 heavy (non-hydrogen) atoms. The Morgan fingerprint density at radius 2 is 1.32 bits per heavy atom. The molecule has 7 atom stereocenters. The zero-order valence-electron chi connectivity index (χ0n) is 45.2. The van der Waals surface area contributed by atoms with Crippen molar-refractivity contribution < 1.29 is 61.5 Å². The smallest absolute Gasteiger partial charge is 0.330 e. The molecule has 2 aliphatic heterocycles. The molecular formula is C57H59N10O14P. The predicted octanol–water partition coefficient (Wildman–Crippen LogP) is 7.31. The molecule has 2 amide bonds. The van der Waals surface area contributed by atoms with Crippen LogP contribution in [0, 0.1) is 5.92 Å². The highest BCUT2D eigenvalue weighted by atomic mass is 31.2. The number of nitrogens with zero attached hydrogens (tertiary/aromatic N) is 7. The number of benzene rings is 4. The first-order chi connectivity index (χ1) is 39.7. The lowest BCUT2D eigenvalue weighted by Gasteiger charge is -2.37. The van der Waals surface area contributed by atoms with Gasteiger partial charge >= 0.3 is 14.6 Å². The number of aromatic nitrogens is 8. The van der Waals surface area contributed by atoms with Crippen molar-refractivity contribution in [1.29, 1.82) is 0 Å². The number of methoxy groups -OCH3 is 2. The normalized spacial score (nSPS) is 19.3. The Morgan fingerprint density at radius 1 is 0.732 bits per heavy atom. The summed E-state index contributed by atoms with van der Waals surface area (Å²) in [5.74, 6) is -0.716. The first-order valence-corrected chi connectivity index (χ1v) is 27.4. The fraction of sp³-hybridized carbons (Fsp3) is 0.333. The Hall–Kier alpha value is -8.35. The molecule has 4 N–H and O–H groups in total. The second-order valence-corrected chi connectivity index (χ2v) is 20.6. The van der Waals surface area contributed by atoms with Crippen LogP contribution < -0.4 is 25.7 Å². The molecule has 0 saturated carbocycles. The molecule has 4 aromatic heterocycles. The molecule has 2 fully saturated rings. The fourth-order valence-electron chi connectivity index (χ4n) is 9.73. The summed E-state index contributed by atoms with van der Waals surface area (Å²) in [7, 11) is 0.387. The molecule has 0 bridgehead atoms. The van der Waals surface area contributed by atoms with Crippen LogP contribution in [0.4, 0.5) is 11.8 Å². The number of nitrogens with one attached hydrogen (secondary N) is 3. The maximum absolute atomic E-state index is 13.4. The van der Waals surface area contributed by atoms with E-state index in [4.69, 9.17) is 37.5 Å². The van der Waals surface area contributed by atoms with Crippen molar-refractivity contribution >= 4 is 66.3 Å². The number of Topliss-reactive ketones (excluding diaryl/α,β-unsaturated/α-hetero) is 1. The van der Waals surface area contributed by atoms with Crippen LogP contribution in [0.2, 0.25) is 0 Å². The molecule has 24 nitrogen and oxygen atoms in total.